The average Bonchev–Trinajstić information content (AvgIpc) is 2.52. The third-order valence-electron chi connectivity index (χ3n) is 4.42. The maximum absolute atomic E-state index is 12.4. The van der Waals surface area contributed by atoms with Crippen LogP contribution in [0, 0.1) is 5.92 Å². The Morgan fingerprint density at radius 2 is 2.04 bits per heavy atom. The van der Waals surface area contributed by atoms with E-state index in [1.54, 1.807) is 7.05 Å². The summed E-state index contributed by atoms with van der Waals surface area (Å²) in [6.45, 7) is 5.75. The first-order chi connectivity index (χ1) is 11.4. The highest BCUT2D eigenvalue weighted by molar-refractivity contribution is 5.79. The summed E-state index contributed by atoms with van der Waals surface area (Å²) in [6, 6.07) is 0. The number of nitrogens with one attached hydrogen (secondary N) is 1. The third-order valence-corrected chi connectivity index (χ3v) is 4.42. The van der Waals surface area contributed by atoms with E-state index >= 15 is 0 Å². The van der Waals surface area contributed by atoms with Crippen LogP contribution in [0.15, 0.2) is 17.6 Å². The van der Waals surface area contributed by atoms with E-state index in [1.165, 1.54) is 4.90 Å². The molecule has 1 fully saturated rings. The second kappa shape index (κ2) is 10.6. The highest BCUT2D eigenvalue weighted by Crippen LogP contribution is 2.23. The second-order valence-electron chi connectivity index (χ2n) is 6.45. The number of nitrogens with zero attached hydrogens (tertiary/aromatic N) is 3. The summed E-state index contributed by atoms with van der Waals surface area (Å²) in [5.74, 6) is 1.36. The van der Waals surface area contributed by atoms with Gasteiger partial charge in [-0.1, -0.05) is 6.08 Å². The van der Waals surface area contributed by atoms with E-state index in [9.17, 15) is 13.2 Å². The monoisotopic (exact) mass is 348 g/mol. The number of aliphatic imine (C=N–C) groups is 1. The van der Waals surface area contributed by atoms with E-state index in [4.69, 9.17) is 0 Å². The zero-order valence-corrected chi connectivity index (χ0v) is 14.9. The van der Waals surface area contributed by atoms with Crippen molar-refractivity contribution in [3.8, 4) is 0 Å². The Labute approximate surface area is 143 Å². The summed E-state index contributed by atoms with van der Waals surface area (Å²) in [5.41, 5.74) is 0. The first-order valence-electron chi connectivity index (χ1n) is 8.67. The normalized spacial score (nSPS) is 17.8. The minimum atomic E-state index is -4.09. The summed E-state index contributed by atoms with van der Waals surface area (Å²) < 4.78 is 37.1. The molecule has 0 amide bonds. The van der Waals surface area contributed by atoms with Gasteiger partial charge in [-0.05, 0) is 51.1 Å². The first kappa shape index (κ1) is 20.8. The van der Waals surface area contributed by atoms with Gasteiger partial charge in [0.2, 0.25) is 0 Å². The average molecular weight is 348 g/mol. The van der Waals surface area contributed by atoms with E-state index in [0.29, 0.717) is 19.0 Å². The number of halogens is 3. The number of rotatable bonds is 8. The largest absolute Gasteiger partial charge is 0.401 e. The van der Waals surface area contributed by atoms with Gasteiger partial charge < -0.3 is 10.2 Å². The van der Waals surface area contributed by atoms with E-state index in [-0.39, 0.29) is 0 Å². The number of guanidine groups is 1. The van der Waals surface area contributed by atoms with Crippen LogP contribution in [0.4, 0.5) is 13.2 Å². The minimum Gasteiger partial charge on any atom is -0.356 e. The van der Waals surface area contributed by atoms with Crippen LogP contribution in [-0.4, -0.2) is 68.8 Å². The zero-order chi connectivity index (χ0) is 18.0. The number of likely N-dealkylation sites (tertiary alicyclic amines) is 1. The summed E-state index contributed by atoms with van der Waals surface area (Å²) in [6.07, 6.45) is 2.50. The predicted octanol–water partition coefficient (Wildman–Crippen LogP) is 3.12. The molecule has 0 radical (unpaired) electrons. The van der Waals surface area contributed by atoms with Gasteiger partial charge in [-0.2, -0.15) is 13.2 Å². The molecule has 140 valence electrons. The fourth-order valence-electron chi connectivity index (χ4n) is 3.04. The topological polar surface area (TPSA) is 30.9 Å². The molecule has 24 heavy (non-hydrogen) atoms. The zero-order valence-electron chi connectivity index (χ0n) is 14.9. The van der Waals surface area contributed by atoms with Crippen LogP contribution in [0.1, 0.15) is 32.1 Å². The van der Waals surface area contributed by atoms with Crippen molar-refractivity contribution in [3.63, 3.8) is 0 Å². The summed E-state index contributed by atoms with van der Waals surface area (Å²) in [7, 11) is 3.77. The van der Waals surface area contributed by atoms with Gasteiger partial charge in [0.1, 0.15) is 0 Å². The molecule has 1 aliphatic rings. The summed E-state index contributed by atoms with van der Waals surface area (Å²) in [5, 5.41) is 3.35. The number of unbranched alkanes of at least 4 members (excludes halogenated alkanes) is 1. The Morgan fingerprint density at radius 1 is 1.38 bits per heavy atom. The van der Waals surface area contributed by atoms with Crippen LogP contribution in [0.25, 0.3) is 0 Å². The van der Waals surface area contributed by atoms with Crippen molar-refractivity contribution in [2.24, 2.45) is 10.9 Å². The van der Waals surface area contributed by atoms with Gasteiger partial charge in [-0.3, -0.25) is 9.89 Å². The van der Waals surface area contributed by atoms with Crippen LogP contribution in [-0.2, 0) is 0 Å². The lowest BCUT2D eigenvalue weighted by molar-refractivity contribution is -0.148. The van der Waals surface area contributed by atoms with Crippen molar-refractivity contribution in [3.05, 3.63) is 12.7 Å². The Bertz CT molecular complexity index is 388. The van der Waals surface area contributed by atoms with E-state index < -0.39 is 12.7 Å². The van der Waals surface area contributed by atoms with Crippen LogP contribution >= 0.6 is 0 Å². The Morgan fingerprint density at radius 3 is 2.58 bits per heavy atom. The number of alkyl halides is 3. The molecular formula is C17H31F3N4. The maximum atomic E-state index is 12.4. The molecule has 1 aliphatic heterocycles. The van der Waals surface area contributed by atoms with Gasteiger partial charge in [0, 0.05) is 27.2 Å². The highest BCUT2D eigenvalue weighted by atomic mass is 19.4. The lowest BCUT2D eigenvalue weighted by Crippen LogP contribution is -2.42. The van der Waals surface area contributed by atoms with Crippen LogP contribution < -0.4 is 5.32 Å². The maximum Gasteiger partial charge on any atom is 0.401 e. The molecule has 0 aromatic heterocycles. The Balaban J connectivity index is 2.21. The standard InChI is InChI=1S/C17H31F3N4/c1-4-5-6-11-23(3)16(21-2)22-10-7-15-8-12-24(13-9-15)14-17(18,19)20/h4,15H,1,5-14H2,2-3H3,(H,21,22). The van der Waals surface area contributed by atoms with Gasteiger partial charge in [-0.25, -0.2) is 0 Å². The summed E-state index contributed by atoms with van der Waals surface area (Å²) >= 11 is 0. The van der Waals surface area contributed by atoms with E-state index in [2.05, 4.69) is 21.8 Å². The van der Waals surface area contributed by atoms with Gasteiger partial charge >= 0.3 is 6.18 Å². The summed E-state index contributed by atoms with van der Waals surface area (Å²) in [4.78, 5) is 7.88. The van der Waals surface area contributed by atoms with Crippen LogP contribution in [0.5, 0.6) is 0 Å². The van der Waals surface area contributed by atoms with Crippen molar-refractivity contribution in [2.45, 2.75) is 38.3 Å². The van der Waals surface area contributed by atoms with E-state index in [0.717, 1.165) is 51.2 Å². The quantitative estimate of drug-likeness (QED) is 0.316. The van der Waals surface area contributed by atoms with Crippen molar-refractivity contribution in [2.75, 3.05) is 46.8 Å². The van der Waals surface area contributed by atoms with Gasteiger partial charge in [0.25, 0.3) is 0 Å². The predicted molar refractivity (Wildman–Crippen MR) is 93.3 cm³/mol. The first-order valence-corrected chi connectivity index (χ1v) is 8.67. The van der Waals surface area contributed by atoms with Gasteiger partial charge in [0.15, 0.2) is 5.96 Å². The molecule has 0 atom stereocenters. The molecule has 0 aromatic carbocycles. The number of hydrogen-bond acceptors (Lipinski definition) is 2. The molecule has 1 rings (SSSR count). The fourth-order valence-corrected chi connectivity index (χ4v) is 3.04. The lowest BCUT2D eigenvalue weighted by Gasteiger charge is -2.32. The molecule has 1 saturated heterocycles. The minimum absolute atomic E-state index is 0.492. The number of hydrogen-bond donors (Lipinski definition) is 1. The molecule has 4 nitrogen and oxygen atoms in total. The second-order valence-corrected chi connectivity index (χ2v) is 6.45. The van der Waals surface area contributed by atoms with Gasteiger partial charge in [0.05, 0.1) is 6.54 Å². The van der Waals surface area contributed by atoms with Crippen molar-refractivity contribution in [1.29, 1.82) is 0 Å². The number of piperidine rings is 1. The Kier molecular flexibility index (Phi) is 9.18. The highest BCUT2D eigenvalue weighted by Gasteiger charge is 2.32. The van der Waals surface area contributed by atoms with Crippen molar-refractivity contribution in [1.82, 2.24) is 15.1 Å². The molecule has 1 heterocycles. The van der Waals surface area contributed by atoms with Crippen LogP contribution in [0.3, 0.4) is 0 Å². The number of allylic oxidation sites excluding steroid dienone is 1. The molecule has 0 aliphatic carbocycles. The van der Waals surface area contributed by atoms with Crippen molar-refractivity contribution >= 4 is 5.96 Å². The van der Waals surface area contributed by atoms with E-state index in [1.807, 2.05) is 13.1 Å². The van der Waals surface area contributed by atoms with Crippen LogP contribution in [0.2, 0.25) is 0 Å². The van der Waals surface area contributed by atoms with Crippen molar-refractivity contribution < 1.29 is 13.2 Å². The fraction of sp³-hybridized carbons (Fsp3) is 0.824. The molecule has 0 spiro atoms. The molecular weight excluding hydrogens is 317 g/mol. The molecule has 7 heteroatoms. The SMILES string of the molecule is C=CCCCN(C)C(=NC)NCCC1CCN(CC(F)(F)F)CC1. The molecule has 1 N–H and O–H groups in total. The van der Waals surface area contributed by atoms with Gasteiger partial charge in [-0.15, -0.1) is 6.58 Å². The molecule has 0 bridgehead atoms. The molecule has 0 aromatic rings. The third kappa shape index (κ3) is 8.57. The molecule has 0 unspecified atom stereocenters. The Hall–Kier alpha value is -1.24. The lowest BCUT2D eigenvalue weighted by atomic mass is 9.93. The molecule has 0 saturated carbocycles. The smallest absolute Gasteiger partial charge is 0.356 e.